The van der Waals surface area contributed by atoms with Gasteiger partial charge in [0.15, 0.2) is 18.1 Å². The average molecular weight is 488 g/mol. The molecule has 0 radical (unpaired) electrons. The van der Waals surface area contributed by atoms with Crippen LogP contribution < -0.4 is 14.8 Å². The summed E-state index contributed by atoms with van der Waals surface area (Å²) in [7, 11) is 1.44. The maximum absolute atomic E-state index is 13.0. The lowest BCUT2D eigenvalue weighted by atomic mass is 10.2. The molecule has 0 aliphatic carbocycles. The van der Waals surface area contributed by atoms with Gasteiger partial charge in [0.25, 0.3) is 11.1 Å². The van der Waals surface area contributed by atoms with Crippen LogP contribution in [0.25, 0.3) is 6.08 Å². The number of imide groups is 1. The molecule has 0 unspecified atom stereocenters. The highest BCUT2D eigenvalue weighted by Gasteiger charge is 2.36. The lowest BCUT2D eigenvalue weighted by molar-refractivity contribution is -0.145. The van der Waals surface area contributed by atoms with E-state index >= 15 is 0 Å². The summed E-state index contributed by atoms with van der Waals surface area (Å²) in [6.45, 7) is 1.08. The number of esters is 1. The molecular weight excluding hydrogens is 467 g/mol. The highest BCUT2D eigenvalue weighted by Crippen LogP contribution is 2.34. The third-order valence-electron chi connectivity index (χ3n) is 4.44. The first-order valence-corrected chi connectivity index (χ1v) is 10.9. The zero-order chi connectivity index (χ0) is 24.7. The zero-order valence-corrected chi connectivity index (χ0v) is 19.1. The number of amides is 3. The van der Waals surface area contributed by atoms with Crippen LogP contribution in [0.3, 0.4) is 0 Å². The molecule has 1 aliphatic heterocycles. The molecule has 1 fully saturated rings. The molecule has 2 aromatic rings. The van der Waals surface area contributed by atoms with Crippen LogP contribution in [0.5, 0.6) is 11.5 Å². The minimum atomic E-state index is -0.630. The molecule has 34 heavy (non-hydrogen) atoms. The Hall–Kier alpha value is -3.86. The second-order valence-corrected chi connectivity index (χ2v) is 7.82. The fourth-order valence-electron chi connectivity index (χ4n) is 2.90. The lowest BCUT2D eigenvalue weighted by Gasteiger charge is -2.12. The molecule has 9 nitrogen and oxygen atoms in total. The van der Waals surface area contributed by atoms with Crippen LogP contribution in [0, 0.1) is 5.82 Å². The number of carbonyl (C=O) groups is 4. The van der Waals surface area contributed by atoms with Gasteiger partial charge in [-0.25, -0.2) is 9.18 Å². The second-order valence-electron chi connectivity index (χ2n) is 6.83. The van der Waals surface area contributed by atoms with Gasteiger partial charge in [-0.3, -0.25) is 19.3 Å². The SMILES string of the molecule is CCOC(=O)COc1cc(/C=C2\SC(=O)N(CC(=O)Nc3ccc(F)cc3)C2=O)ccc1OC. The Bertz CT molecular complexity index is 1130. The zero-order valence-electron chi connectivity index (χ0n) is 18.3. The summed E-state index contributed by atoms with van der Waals surface area (Å²) in [5.41, 5.74) is 0.850. The summed E-state index contributed by atoms with van der Waals surface area (Å²) in [5, 5.41) is 1.91. The lowest BCUT2D eigenvalue weighted by Crippen LogP contribution is -2.36. The van der Waals surface area contributed by atoms with Crippen LogP contribution >= 0.6 is 11.8 Å². The van der Waals surface area contributed by atoms with E-state index in [0.29, 0.717) is 28.8 Å². The number of nitrogens with one attached hydrogen (secondary N) is 1. The minimum Gasteiger partial charge on any atom is -0.493 e. The molecular formula is C23H21FN2O7S. The van der Waals surface area contributed by atoms with Crippen LogP contribution in [-0.4, -0.2) is 54.8 Å². The van der Waals surface area contributed by atoms with E-state index in [4.69, 9.17) is 14.2 Å². The normalized spacial score (nSPS) is 14.3. The second kappa shape index (κ2) is 11.3. The first kappa shape index (κ1) is 24.8. The molecule has 0 saturated carbocycles. The van der Waals surface area contributed by atoms with Crippen molar-refractivity contribution in [1.29, 1.82) is 0 Å². The maximum Gasteiger partial charge on any atom is 0.344 e. The minimum absolute atomic E-state index is 0.112. The molecule has 0 bridgehead atoms. The largest absolute Gasteiger partial charge is 0.493 e. The first-order valence-electron chi connectivity index (χ1n) is 10.1. The smallest absolute Gasteiger partial charge is 0.344 e. The number of rotatable bonds is 9. The molecule has 0 aromatic heterocycles. The summed E-state index contributed by atoms with van der Waals surface area (Å²) >= 11 is 0.690. The van der Waals surface area contributed by atoms with E-state index < -0.39 is 35.4 Å². The van der Waals surface area contributed by atoms with Crippen molar-refractivity contribution in [2.45, 2.75) is 6.92 Å². The molecule has 3 rings (SSSR count). The predicted octanol–water partition coefficient (Wildman–Crippen LogP) is 3.45. The van der Waals surface area contributed by atoms with Gasteiger partial charge >= 0.3 is 5.97 Å². The number of halogens is 1. The number of hydrogen-bond acceptors (Lipinski definition) is 8. The van der Waals surface area contributed by atoms with E-state index in [0.717, 1.165) is 4.90 Å². The van der Waals surface area contributed by atoms with Gasteiger partial charge in [0.05, 0.1) is 18.6 Å². The molecule has 3 amide bonds. The van der Waals surface area contributed by atoms with Crippen LogP contribution in [0.1, 0.15) is 12.5 Å². The van der Waals surface area contributed by atoms with Crippen molar-refractivity contribution >= 4 is 46.5 Å². The predicted molar refractivity (Wildman–Crippen MR) is 123 cm³/mol. The fourth-order valence-corrected chi connectivity index (χ4v) is 3.74. The van der Waals surface area contributed by atoms with Gasteiger partial charge in [0.1, 0.15) is 12.4 Å². The van der Waals surface area contributed by atoms with E-state index in [1.165, 1.54) is 37.5 Å². The number of hydrogen-bond donors (Lipinski definition) is 1. The Morgan fingerprint density at radius 1 is 1.12 bits per heavy atom. The number of benzene rings is 2. The number of carbonyl (C=O) groups excluding carboxylic acids is 4. The van der Waals surface area contributed by atoms with Gasteiger partial charge in [-0.1, -0.05) is 6.07 Å². The van der Waals surface area contributed by atoms with Crippen molar-refractivity contribution in [2.24, 2.45) is 0 Å². The highest BCUT2D eigenvalue weighted by molar-refractivity contribution is 8.18. The Morgan fingerprint density at radius 2 is 1.85 bits per heavy atom. The molecule has 2 aromatic carbocycles. The van der Waals surface area contributed by atoms with Crippen LogP contribution in [0.15, 0.2) is 47.4 Å². The van der Waals surface area contributed by atoms with Crippen molar-refractivity contribution in [1.82, 2.24) is 4.90 Å². The van der Waals surface area contributed by atoms with Gasteiger partial charge in [-0.2, -0.15) is 0 Å². The Kier molecular flexibility index (Phi) is 8.25. The summed E-state index contributed by atoms with van der Waals surface area (Å²) in [6, 6.07) is 9.87. The van der Waals surface area contributed by atoms with Crippen LogP contribution in [0.4, 0.5) is 14.9 Å². The molecule has 1 saturated heterocycles. The number of thioether (sulfide) groups is 1. The topological polar surface area (TPSA) is 111 Å². The monoisotopic (exact) mass is 488 g/mol. The molecule has 0 atom stereocenters. The van der Waals surface area contributed by atoms with Gasteiger partial charge in [0, 0.05) is 5.69 Å². The van der Waals surface area contributed by atoms with E-state index in [1.54, 1.807) is 25.1 Å². The van der Waals surface area contributed by atoms with Gasteiger partial charge in [-0.15, -0.1) is 0 Å². The van der Waals surface area contributed by atoms with Crippen LogP contribution in [0.2, 0.25) is 0 Å². The summed E-state index contributed by atoms with van der Waals surface area (Å²) in [4.78, 5) is 49.8. The number of methoxy groups -OCH3 is 1. The van der Waals surface area contributed by atoms with Crippen molar-refractivity contribution in [3.8, 4) is 11.5 Å². The summed E-state index contributed by atoms with van der Waals surface area (Å²) < 4.78 is 28.5. The Balaban J connectivity index is 1.70. The molecule has 1 N–H and O–H groups in total. The summed E-state index contributed by atoms with van der Waals surface area (Å²) in [5.74, 6) is -1.62. The van der Waals surface area contributed by atoms with E-state index in [2.05, 4.69) is 5.32 Å². The standard InChI is InChI=1S/C23H21FN2O7S/c1-3-32-21(28)13-33-18-10-14(4-9-17(18)31-2)11-19-22(29)26(23(30)34-19)12-20(27)25-16-7-5-15(24)6-8-16/h4-11H,3,12-13H2,1-2H3,(H,25,27)/b19-11-. The van der Waals surface area contributed by atoms with E-state index in [9.17, 15) is 23.6 Å². The molecule has 0 spiro atoms. The Morgan fingerprint density at radius 3 is 2.53 bits per heavy atom. The summed E-state index contributed by atoms with van der Waals surface area (Å²) in [6.07, 6.45) is 1.47. The van der Waals surface area contributed by atoms with Gasteiger partial charge in [0.2, 0.25) is 5.91 Å². The number of nitrogens with zero attached hydrogens (tertiary/aromatic N) is 1. The van der Waals surface area contributed by atoms with Crippen molar-refractivity contribution in [3.63, 3.8) is 0 Å². The van der Waals surface area contributed by atoms with Crippen LogP contribution in [-0.2, 0) is 19.1 Å². The fraction of sp³-hybridized carbons (Fsp3) is 0.217. The van der Waals surface area contributed by atoms with Crippen molar-refractivity contribution in [3.05, 3.63) is 58.8 Å². The van der Waals surface area contributed by atoms with E-state index in [-0.39, 0.29) is 23.9 Å². The average Bonchev–Trinajstić information content (AvgIpc) is 3.06. The van der Waals surface area contributed by atoms with Crippen molar-refractivity contribution in [2.75, 3.05) is 32.2 Å². The van der Waals surface area contributed by atoms with E-state index in [1.807, 2.05) is 0 Å². The molecule has 1 aliphatic rings. The molecule has 1 heterocycles. The van der Waals surface area contributed by atoms with Gasteiger partial charge in [-0.05, 0) is 66.7 Å². The third-order valence-corrected chi connectivity index (χ3v) is 5.35. The third kappa shape index (κ3) is 6.35. The van der Waals surface area contributed by atoms with Crippen molar-refractivity contribution < 1.29 is 37.8 Å². The number of anilines is 1. The van der Waals surface area contributed by atoms with Gasteiger partial charge < -0.3 is 19.5 Å². The first-order chi connectivity index (χ1) is 16.3. The number of ether oxygens (including phenoxy) is 3. The molecule has 178 valence electrons. The molecule has 11 heteroatoms. The highest BCUT2D eigenvalue weighted by atomic mass is 32.2. The Labute approximate surface area is 198 Å². The quantitative estimate of drug-likeness (QED) is 0.422. The maximum atomic E-state index is 13.0.